The molecule has 1 N–H and O–H groups in total. The number of unbranched alkanes of at least 4 members (excludes halogenated alkanes) is 1. The molecule has 19 heavy (non-hydrogen) atoms. The zero-order valence-electron chi connectivity index (χ0n) is 12.0. The highest BCUT2D eigenvalue weighted by molar-refractivity contribution is 5.76. The van der Waals surface area contributed by atoms with Gasteiger partial charge in [0, 0.05) is 31.2 Å². The van der Waals surface area contributed by atoms with Gasteiger partial charge in [0.05, 0.1) is 0 Å². The minimum Gasteiger partial charge on any atom is -0.368 e. The smallest absolute Gasteiger partial charge is 0.221 e. The van der Waals surface area contributed by atoms with Gasteiger partial charge in [-0.05, 0) is 31.4 Å². The normalized spacial score (nSPS) is 17.4. The molecule has 0 aromatic heterocycles. The fourth-order valence-electron chi connectivity index (χ4n) is 2.69. The summed E-state index contributed by atoms with van der Waals surface area (Å²) >= 11 is 0. The molecular weight excluding hydrogens is 236 g/mol. The molecule has 1 aliphatic rings. The van der Waals surface area contributed by atoms with E-state index in [0.717, 1.165) is 32.4 Å². The van der Waals surface area contributed by atoms with Crippen LogP contribution in [0.15, 0.2) is 24.3 Å². The zero-order valence-corrected chi connectivity index (χ0v) is 12.0. The highest BCUT2D eigenvalue weighted by Gasteiger charge is 2.25. The van der Waals surface area contributed by atoms with Crippen molar-refractivity contribution in [2.45, 2.75) is 45.6 Å². The van der Waals surface area contributed by atoms with E-state index < -0.39 is 0 Å². The standard InChI is InChI=1S/C16H24N2O/c1-3-4-10-17-16(19)9-11-18-13(2)12-14-7-5-6-8-15(14)18/h5-8,13H,3-4,9-12H2,1-2H3,(H,17,19). The molecule has 0 radical (unpaired) electrons. The molecule has 2 rings (SSSR count). The summed E-state index contributed by atoms with van der Waals surface area (Å²) < 4.78 is 0. The number of amides is 1. The van der Waals surface area contributed by atoms with Crippen molar-refractivity contribution < 1.29 is 4.79 Å². The van der Waals surface area contributed by atoms with Crippen molar-refractivity contribution in [1.29, 1.82) is 0 Å². The number of carbonyl (C=O) groups is 1. The third-order valence-electron chi connectivity index (χ3n) is 3.78. The quantitative estimate of drug-likeness (QED) is 0.798. The van der Waals surface area contributed by atoms with Gasteiger partial charge in [-0.25, -0.2) is 0 Å². The summed E-state index contributed by atoms with van der Waals surface area (Å²) in [5, 5.41) is 2.98. The van der Waals surface area contributed by atoms with Crippen LogP contribution in [0.25, 0.3) is 0 Å². The van der Waals surface area contributed by atoms with Crippen LogP contribution in [0, 0.1) is 0 Å². The van der Waals surface area contributed by atoms with Crippen molar-refractivity contribution in [1.82, 2.24) is 5.32 Å². The number of nitrogens with one attached hydrogen (secondary N) is 1. The minimum atomic E-state index is 0.171. The number of hydrogen-bond donors (Lipinski definition) is 1. The van der Waals surface area contributed by atoms with E-state index in [4.69, 9.17) is 0 Å². The predicted octanol–water partition coefficient (Wildman–Crippen LogP) is 2.74. The molecule has 1 aromatic carbocycles. The van der Waals surface area contributed by atoms with E-state index in [0.29, 0.717) is 12.5 Å². The predicted molar refractivity (Wildman–Crippen MR) is 79.5 cm³/mol. The molecule has 0 spiro atoms. The Morgan fingerprint density at radius 3 is 3.00 bits per heavy atom. The van der Waals surface area contributed by atoms with E-state index >= 15 is 0 Å². The van der Waals surface area contributed by atoms with E-state index in [1.165, 1.54) is 11.3 Å². The molecule has 104 valence electrons. The van der Waals surface area contributed by atoms with E-state index in [2.05, 4.69) is 48.3 Å². The lowest BCUT2D eigenvalue weighted by Crippen LogP contribution is -2.34. The van der Waals surface area contributed by atoms with E-state index in [1.54, 1.807) is 0 Å². The highest BCUT2D eigenvalue weighted by Crippen LogP contribution is 2.31. The third kappa shape index (κ3) is 3.49. The van der Waals surface area contributed by atoms with Crippen LogP contribution in [0.2, 0.25) is 0 Å². The van der Waals surface area contributed by atoms with E-state index in [9.17, 15) is 4.79 Å². The molecule has 0 aliphatic carbocycles. The maximum Gasteiger partial charge on any atom is 0.221 e. The molecule has 3 nitrogen and oxygen atoms in total. The van der Waals surface area contributed by atoms with Gasteiger partial charge in [0.25, 0.3) is 0 Å². The first-order chi connectivity index (χ1) is 9.22. The summed E-state index contributed by atoms with van der Waals surface area (Å²) in [5.74, 6) is 0.171. The van der Waals surface area contributed by atoms with Crippen LogP contribution < -0.4 is 10.2 Å². The Balaban J connectivity index is 1.84. The number of carbonyl (C=O) groups excluding carboxylic acids is 1. The van der Waals surface area contributed by atoms with E-state index in [-0.39, 0.29) is 5.91 Å². The SMILES string of the molecule is CCCCNC(=O)CCN1c2ccccc2CC1C. The first-order valence-electron chi connectivity index (χ1n) is 7.33. The van der Waals surface area contributed by atoms with Gasteiger partial charge in [-0.2, -0.15) is 0 Å². The molecule has 0 saturated heterocycles. The molecule has 0 fully saturated rings. The summed E-state index contributed by atoms with van der Waals surface area (Å²) in [7, 11) is 0. The van der Waals surface area contributed by atoms with Gasteiger partial charge >= 0.3 is 0 Å². The summed E-state index contributed by atoms with van der Waals surface area (Å²) in [6.07, 6.45) is 3.86. The molecule has 1 aromatic rings. The lowest BCUT2D eigenvalue weighted by molar-refractivity contribution is -0.120. The monoisotopic (exact) mass is 260 g/mol. The number of nitrogens with zero attached hydrogens (tertiary/aromatic N) is 1. The van der Waals surface area contributed by atoms with E-state index in [1.807, 2.05) is 0 Å². The molecule has 1 aliphatic heterocycles. The second-order valence-electron chi connectivity index (χ2n) is 5.33. The Kier molecular flexibility index (Phi) is 4.83. The minimum absolute atomic E-state index is 0.171. The average Bonchev–Trinajstić information content (AvgIpc) is 2.72. The summed E-state index contributed by atoms with van der Waals surface area (Å²) in [6.45, 7) is 5.99. The summed E-state index contributed by atoms with van der Waals surface area (Å²) in [5.41, 5.74) is 2.71. The molecule has 0 saturated carbocycles. The Labute approximate surface area is 116 Å². The highest BCUT2D eigenvalue weighted by atomic mass is 16.1. The molecule has 1 heterocycles. The second kappa shape index (κ2) is 6.60. The Bertz CT molecular complexity index is 431. The molecule has 1 amide bonds. The van der Waals surface area contributed by atoms with Gasteiger partial charge in [0.1, 0.15) is 0 Å². The first-order valence-corrected chi connectivity index (χ1v) is 7.33. The van der Waals surface area contributed by atoms with Crippen molar-refractivity contribution >= 4 is 11.6 Å². The second-order valence-corrected chi connectivity index (χ2v) is 5.33. The van der Waals surface area contributed by atoms with Gasteiger partial charge in [0.15, 0.2) is 0 Å². The summed E-state index contributed by atoms with van der Waals surface area (Å²) in [6, 6.07) is 9.01. The fourth-order valence-corrected chi connectivity index (χ4v) is 2.69. The van der Waals surface area contributed by atoms with Crippen molar-refractivity contribution in [3.63, 3.8) is 0 Å². The van der Waals surface area contributed by atoms with Gasteiger partial charge in [-0.15, -0.1) is 0 Å². The van der Waals surface area contributed by atoms with Crippen LogP contribution in [0.5, 0.6) is 0 Å². The number of rotatable bonds is 6. The van der Waals surface area contributed by atoms with Crippen molar-refractivity contribution in [2.24, 2.45) is 0 Å². The van der Waals surface area contributed by atoms with Gasteiger partial charge in [-0.3, -0.25) is 4.79 Å². The van der Waals surface area contributed by atoms with Crippen molar-refractivity contribution in [3.05, 3.63) is 29.8 Å². The lowest BCUT2D eigenvalue weighted by Gasteiger charge is -2.24. The topological polar surface area (TPSA) is 32.3 Å². The third-order valence-corrected chi connectivity index (χ3v) is 3.78. The van der Waals surface area contributed by atoms with Crippen LogP contribution in [0.1, 0.15) is 38.7 Å². The van der Waals surface area contributed by atoms with Crippen molar-refractivity contribution in [3.8, 4) is 0 Å². The zero-order chi connectivity index (χ0) is 13.7. The molecule has 0 bridgehead atoms. The van der Waals surface area contributed by atoms with Crippen molar-refractivity contribution in [2.75, 3.05) is 18.0 Å². The summed E-state index contributed by atoms with van der Waals surface area (Å²) in [4.78, 5) is 14.1. The Morgan fingerprint density at radius 2 is 2.21 bits per heavy atom. The largest absolute Gasteiger partial charge is 0.368 e. The van der Waals surface area contributed by atoms with Crippen LogP contribution in [0.3, 0.4) is 0 Å². The maximum atomic E-state index is 11.8. The molecule has 1 atom stereocenters. The van der Waals surface area contributed by atoms with Gasteiger partial charge in [0.2, 0.25) is 5.91 Å². The van der Waals surface area contributed by atoms with Gasteiger partial charge < -0.3 is 10.2 Å². The molecule has 1 unspecified atom stereocenters. The number of para-hydroxylation sites is 1. The Morgan fingerprint density at radius 1 is 1.42 bits per heavy atom. The molecule has 3 heteroatoms. The maximum absolute atomic E-state index is 11.8. The van der Waals surface area contributed by atoms with Crippen LogP contribution in [-0.4, -0.2) is 25.0 Å². The lowest BCUT2D eigenvalue weighted by atomic mass is 10.1. The Hall–Kier alpha value is -1.51. The number of hydrogen-bond acceptors (Lipinski definition) is 2. The van der Waals surface area contributed by atoms with Gasteiger partial charge in [-0.1, -0.05) is 31.5 Å². The molecular formula is C16H24N2O. The number of benzene rings is 1. The van der Waals surface area contributed by atoms with Crippen LogP contribution in [-0.2, 0) is 11.2 Å². The average molecular weight is 260 g/mol. The fraction of sp³-hybridized carbons (Fsp3) is 0.562. The first kappa shape index (κ1) is 13.9. The van der Waals surface area contributed by atoms with Crippen LogP contribution >= 0.6 is 0 Å². The van der Waals surface area contributed by atoms with Crippen LogP contribution in [0.4, 0.5) is 5.69 Å². The number of fused-ring (bicyclic) bond motifs is 1. The number of anilines is 1.